The van der Waals surface area contributed by atoms with Gasteiger partial charge in [0.2, 0.25) is 5.43 Å². The lowest BCUT2D eigenvalue weighted by Crippen LogP contribution is -2.18. The van der Waals surface area contributed by atoms with Crippen LogP contribution in [0.15, 0.2) is 59.8 Å². The van der Waals surface area contributed by atoms with Gasteiger partial charge in [0.05, 0.1) is 29.8 Å². The van der Waals surface area contributed by atoms with Crippen molar-refractivity contribution in [3.8, 4) is 16.9 Å². The Morgan fingerprint density at radius 3 is 2.44 bits per heavy atom. The summed E-state index contributed by atoms with van der Waals surface area (Å²) in [6, 6.07) is 6.66. The Hall–Kier alpha value is -4.21. The third-order valence-electron chi connectivity index (χ3n) is 4.76. The number of fused-ring (bicyclic) bond motifs is 1. The quantitative estimate of drug-likeness (QED) is 0.364. The minimum atomic E-state index is -1.83. The molecule has 0 amide bonds. The fourth-order valence-corrected chi connectivity index (χ4v) is 3.35. The van der Waals surface area contributed by atoms with E-state index >= 15 is 0 Å². The van der Waals surface area contributed by atoms with Crippen LogP contribution < -0.4 is 10.2 Å². The standard InChI is InChI=1S/C22H12F4N2O4/c23-14-3-4-15(24)20-19(14)21(29)18(32-22(30)31)10-28(20)9-12-2-1-11(7-16(12)25)13-5-6-27-8-17(13)26/h1-8,10H,9H2,(H,30,31). The van der Waals surface area contributed by atoms with Crippen molar-refractivity contribution in [3.05, 3.63) is 94.0 Å². The first kappa shape index (κ1) is 21.0. The summed E-state index contributed by atoms with van der Waals surface area (Å²) in [5.74, 6) is -4.29. The summed E-state index contributed by atoms with van der Waals surface area (Å²) in [7, 11) is 0. The zero-order valence-corrected chi connectivity index (χ0v) is 16.0. The second-order valence-corrected chi connectivity index (χ2v) is 6.73. The first-order valence-electron chi connectivity index (χ1n) is 9.06. The molecule has 32 heavy (non-hydrogen) atoms. The molecule has 10 heteroatoms. The predicted molar refractivity (Wildman–Crippen MR) is 105 cm³/mol. The molecule has 0 aliphatic carbocycles. The van der Waals surface area contributed by atoms with Crippen molar-refractivity contribution < 1.29 is 32.2 Å². The topological polar surface area (TPSA) is 81.4 Å². The molecule has 0 bridgehead atoms. The Morgan fingerprint density at radius 2 is 1.75 bits per heavy atom. The van der Waals surface area contributed by atoms with Crippen LogP contribution in [0.1, 0.15) is 5.56 Å². The van der Waals surface area contributed by atoms with Crippen molar-refractivity contribution in [3.63, 3.8) is 0 Å². The Bertz CT molecular complexity index is 1440. The van der Waals surface area contributed by atoms with Gasteiger partial charge in [-0.15, -0.1) is 0 Å². The number of rotatable bonds is 4. The molecule has 4 aromatic rings. The van der Waals surface area contributed by atoms with E-state index in [0.717, 1.165) is 29.1 Å². The van der Waals surface area contributed by atoms with Crippen LogP contribution in [-0.2, 0) is 6.54 Å². The van der Waals surface area contributed by atoms with Gasteiger partial charge in [0.15, 0.2) is 5.75 Å². The monoisotopic (exact) mass is 444 g/mol. The van der Waals surface area contributed by atoms with E-state index in [-0.39, 0.29) is 16.7 Å². The van der Waals surface area contributed by atoms with E-state index in [1.807, 2.05) is 0 Å². The molecule has 0 saturated heterocycles. The lowest BCUT2D eigenvalue weighted by molar-refractivity contribution is 0.143. The predicted octanol–water partition coefficient (Wildman–Crippen LogP) is 4.73. The molecular weight excluding hydrogens is 432 g/mol. The Kier molecular flexibility index (Phi) is 5.35. The van der Waals surface area contributed by atoms with Gasteiger partial charge in [-0.3, -0.25) is 9.78 Å². The van der Waals surface area contributed by atoms with E-state index in [1.54, 1.807) is 0 Å². The molecule has 2 aromatic carbocycles. The lowest BCUT2D eigenvalue weighted by atomic mass is 10.0. The van der Waals surface area contributed by atoms with Crippen molar-refractivity contribution >= 4 is 17.1 Å². The number of carboxylic acid groups (broad SMARTS) is 1. The smallest absolute Gasteiger partial charge is 0.449 e. The van der Waals surface area contributed by atoms with Gasteiger partial charge >= 0.3 is 6.16 Å². The van der Waals surface area contributed by atoms with Crippen molar-refractivity contribution in [1.82, 2.24) is 9.55 Å². The second kappa shape index (κ2) is 8.14. The maximum atomic E-state index is 14.8. The van der Waals surface area contributed by atoms with Crippen LogP contribution >= 0.6 is 0 Å². The number of hydrogen-bond acceptors (Lipinski definition) is 4. The van der Waals surface area contributed by atoms with Gasteiger partial charge in [-0.25, -0.2) is 22.4 Å². The first-order chi connectivity index (χ1) is 15.3. The number of carbonyl (C=O) groups is 1. The number of nitrogens with zero attached hydrogens (tertiary/aromatic N) is 2. The summed E-state index contributed by atoms with van der Waals surface area (Å²) in [6.07, 6.45) is 1.35. The first-order valence-corrected chi connectivity index (χ1v) is 9.06. The van der Waals surface area contributed by atoms with Crippen LogP contribution in [0.4, 0.5) is 22.4 Å². The summed E-state index contributed by atoms with van der Waals surface area (Å²) in [4.78, 5) is 26.9. The highest BCUT2D eigenvalue weighted by molar-refractivity contribution is 5.82. The van der Waals surface area contributed by atoms with E-state index < -0.39 is 58.1 Å². The molecule has 0 aliphatic rings. The zero-order chi connectivity index (χ0) is 23.0. The van der Waals surface area contributed by atoms with Crippen LogP contribution in [-0.4, -0.2) is 20.8 Å². The molecule has 0 atom stereocenters. The van der Waals surface area contributed by atoms with E-state index in [4.69, 9.17) is 5.11 Å². The number of pyridine rings is 2. The Balaban J connectivity index is 1.85. The fourth-order valence-electron chi connectivity index (χ4n) is 3.35. The van der Waals surface area contributed by atoms with Gasteiger partial charge in [0.1, 0.15) is 23.3 Å². The van der Waals surface area contributed by atoms with Crippen molar-refractivity contribution in [2.75, 3.05) is 0 Å². The van der Waals surface area contributed by atoms with Crippen LogP contribution in [0.2, 0.25) is 0 Å². The number of hydrogen-bond donors (Lipinski definition) is 1. The largest absolute Gasteiger partial charge is 0.511 e. The van der Waals surface area contributed by atoms with Crippen LogP contribution in [0, 0.1) is 23.3 Å². The summed E-state index contributed by atoms with van der Waals surface area (Å²) in [5.41, 5.74) is -1.33. The molecule has 0 saturated carbocycles. The highest BCUT2D eigenvalue weighted by Gasteiger charge is 2.20. The zero-order valence-electron chi connectivity index (χ0n) is 16.0. The van der Waals surface area contributed by atoms with Crippen LogP contribution in [0.25, 0.3) is 22.0 Å². The van der Waals surface area contributed by atoms with Gasteiger partial charge in [-0.1, -0.05) is 12.1 Å². The summed E-state index contributed by atoms with van der Waals surface area (Å²) >= 11 is 0. The third-order valence-corrected chi connectivity index (χ3v) is 4.76. The van der Waals surface area contributed by atoms with Crippen LogP contribution in [0.5, 0.6) is 5.75 Å². The van der Waals surface area contributed by atoms with Crippen molar-refractivity contribution in [2.45, 2.75) is 6.54 Å². The molecule has 162 valence electrons. The molecule has 0 unspecified atom stereocenters. The molecule has 0 radical (unpaired) electrons. The van der Waals surface area contributed by atoms with Gasteiger partial charge in [-0.05, 0) is 29.8 Å². The molecule has 0 fully saturated rings. The van der Waals surface area contributed by atoms with Gasteiger partial charge in [-0.2, -0.15) is 0 Å². The summed E-state index contributed by atoms with van der Waals surface area (Å²) < 4.78 is 63.0. The molecular formula is C22H12F4N2O4. The number of aromatic nitrogens is 2. The van der Waals surface area contributed by atoms with Crippen LogP contribution in [0.3, 0.4) is 0 Å². The third kappa shape index (κ3) is 3.78. The van der Waals surface area contributed by atoms with Gasteiger partial charge in [0, 0.05) is 17.3 Å². The highest BCUT2D eigenvalue weighted by Crippen LogP contribution is 2.26. The highest BCUT2D eigenvalue weighted by atomic mass is 19.1. The SMILES string of the molecule is O=C(O)Oc1cn(Cc2ccc(-c3ccncc3F)cc2F)c2c(F)ccc(F)c2c1=O. The number of benzene rings is 2. The molecule has 4 rings (SSSR count). The minimum absolute atomic E-state index is 0.0156. The van der Waals surface area contributed by atoms with Gasteiger partial charge < -0.3 is 14.4 Å². The Labute approximate surface area is 176 Å². The second-order valence-electron chi connectivity index (χ2n) is 6.73. The lowest BCUT2D eigenvalue weighted by Gasteiger charge is -2.15. The van der Waals surface area contributed by atoms with Crippen molar-refractivity contribution in [2.24, 2.45) is 0 Å². The average Bonchev–Trinajstić information content (AvgIpc) is 2.74. The number of halogens is 4. The fraction of sp³-hybridized carbons (Fsp3) is 0.0455. The molecule has 6 nitrogen and oxygen atoms in total. The van der Waals surface area contributed by atoms with Crippen molar-refractivity contribution in [1.29, 1.82) is 0 Å². The van der Waals surface area contributed by atoms with E-state index in [1.165, 1.54) is 24.4 Å². The molecule has 0 aliphatic heterocycles. The van der Waals surface area contributed by atoms with E-state index in [9.17, 15) is 27.2 Å². The molecule has 2 aromatic heterocycles. The van der Waals surface area contributed by atoms with E-state index in [2.05, 4.69) is 9.72 Å². The summed E-state index contributed by atoms with van der Waals surface area (Å²) in [6.45, 7) is -0.405. The normalized spacial score (nSPS) is 11.0. The number of ether oxygens (including phenoxy) is 1. The summed E-state index contributed by atoms with van der Waals surface area (Å²) in [5, 5.41) is 8.10. The maximum Gasteiger partial charge on any atom is 0.511 e. The van der Waals surface area contributed by atoms with E-state index in [0.29, 0.717) is 6.07 Å². The van der Waals surface area contributed by atoms with Gasteiger partial charge in [0.25, 0.3) is 0 Å². The Morgan fingerprint density at radius 1 is 1.00 bits per heavy atom. The molecule has 0 spiro atoms. The average molecular weight is 444 g/mol. The molecule has 2 heterocycles. The minimum Gasteiger partial charge on any atom is -0.449 e. The maximum absolute atomic E-state index is 14.8. The molecule has 1 N–H and O–H groups in total.